The maximum Gasteiger partial charge on any atom is 0.306 e. The van der Waals surface area contributed by atoms with Gasteiger partial charge in [0.2, 0.25) is 0 Å². The summed E-state index contributed by atoms with van der Waals surface area (Å²) in [6.07, 6.45) is 56.1. The lowest BCUT2D eigenvalue weighted by molar-refractivity contribution is -0.870. The van der Waals surface area contributed by atoms with E-state index < -0.39 is 24.3 Å². The molecule has 392 valence electrons. The fourth-order valence-corrected chi connectivity index (χ4v) is 8.01. The van der Waals surface area contributed by atoms with E-state index in [1.807, 2.05) is 21.1 Å². The molecule has 2 atom stereocenters. The molecule has 0 saturated heterocycles. The van der Waals surface area contributed by atoms with Gasteiger partial charge in [-0.1, -0.05) is 230 Å². The van der Waals surface area contributed by atoms with Gasteiger partial charge in [-0.3, -0.25) is 9.59 Å². The second-order valence-electron chi connectivity index (χ2n) is 20.2. The highest BCUT2D eigenvalue weighted by atomic mass is 16.7. The van der Waals surface area contributed by atoms with E-state index >= 15 is 0 Å². The molecule has 0 rings (SSSR count). The van der Waals surface area contributed by atoms with E-state index in [9.17, 15) is 19.5 Å². The minimum Gasteiger partial charge on any atom is -0.545 e. The van der Waals surface area contributed by atoms with Crippen LogP contribution in [0.15, 0.2) is 36.5 Å². The van der Waals surface area contributed by atoms with Crippen LogP contribution in [-0.4, -0.2) is 82.3 Å². The van der Waals surface area contributed by atoms with Gasteiger partial charge in [0.1, 0.15) is 13.2 Å². The third kappa shape index (κ3) is 51.2. The zero-order valence-corrected chi connectivity index (χ0v) is 44.5. The van der Waals surface area contributed by atoms with E-state index in [1.165, 1.54) is 154 Å². The normalized spacial score (nSPS) is 13.0. The van der Waals surface area contributed by atoms with Crippen molar-refractivity contribution in [1.29, 1.82) is 0 Å². The zero-order valence-electron chi connectivity index (χ0n) is 44.5. The van der Waals surface area contributed by atoms with Gasteiger partial charge in [-0.15, -0.1) is 0 Å². The van der Waals surface area contributed by atoms with E-state index in [0.717, 1.165) is 70.6 Å². The summed E-state index contributed by atoms with van der Waals surface area (Å²) in [5.41, 5.74) is 0. The molecule has 0 aromatic rings. The molecule has 2 unspecified atom stereocenters. The first-order valence-corrected chi connectivity index (χ1v) is 28.1. The Morgan fingerprint density at radius 2 is 0.806 bits per heavy atom. The SMILES string of the molecule is CCCCCCC/C=C\C/C=C\C/C=C\CCCCCCCCC(=O)OC(COC(=O)CCCCCCCCCCCCCCCCCCCCCCC)COC(OCC[N+](C)(C)C)C(=O)[O-]. The van der Waals surface area contributed by atoms with E-state index in [0.29, 0.717) is 23.9 Å². The minimum absolute atomic E-state index is 0.146. The molecule has 0 amide bonds. The number of carbonyl (C=O) groups excluding carboxylic acids is 3. The molecule has 67 heavy (non-hydrogen) atoms. The number of unbranched alkanes of at least 4 members (excludes halogenated alkanes) is 31. The highest BCUT2D eigenvalue weighted by Gasteiger charge is 2.22. The average molecular weight is 946 g/mol. The Kier molecular flexibility index (Phi) is 48.1. The van der Waals surface area contributed by atoms with Gasteiger partial charge in [0.25, 0.3) is 0 Å². The number of ether oxygens (including phenoxy) is 4. The Bertz CT molecular complexity index is 1190. The molecule has 0 aliphatic carbocycles. The van der Waals surface area contributed by atoms with Gasteiger partial charge in [-0.25, -0.2) is 0 Å². The first kappa shape index (κ1) is 64.5. The van der Waals surface area contributed by atoms with E-state index in [4.69, 9.17) is 18.9 Å². The van der Waals surface area contributed by atoms with Crippen LogP contribution < -0.4 is 5.11 Å². The van der Waals surface area contributed by atoms with E-state index in [1.54, 1.807) is 0 Å². The standard InChI is InChI=1S/C58H107NO8/c1-6-8-10-12-14-16-18-20-22-24-26-28-30-32-34-36-38-40-42-44-46-48-55(60)65-52-54(53-66-58(57(62)63)64-51-50-59(3,4)5)67-56(61)49-47-45-43-41-39-37-35-33-31-29-27-25-23-21-19-17-15-13-11-9-7-2/h19,21,25,27,31,33,54,58H,6-18,20,22-24,26,28-30,32,34-53H2,1-5H3/b21-19-,27-25-,33-31-. The van der Waals surface area contributed by atoms with Gasteiger partial charge >= 0.3 is 11.9 Å². The van der Waals surface area contributed by atoms with Crippen molar-refractivity contribution in [3.63, 3.8) is 0 Å². The lowest BCUT2D eigenvalue weighted by atomic mass is 10.0. The van der Waals surface area contributed by atoms with Crippen molar-refractivity contribution < 1.29 is 42.9 Å². The third-order valence-corrected chi connectivity index (χ3v) is 12.4. The van der Waals surface area contributed by atoms with Crippen molar-refractivity contribution in [3.05, 3.63) is 36.5 Å². The fourth-order valence-electron chi connectivity index (χ4n) is 8.01. The Morgan fingerprint density at radius 3 is 1.19 bits per heavy atom. The molecule has 0 aromatic heterocycles. The molecule has 0 bridgehead atoms. The number of hydrogen-bond acceptors (Lipinski definition) is 8. The van der Waals surface area contributed by atoms with Crippen molar-refractivity contribution in [2.24, 2.45) is 0 Å². The van der Waals surface area contributed by atoms with E-state index in [2.05, 4.69) is 50.3 Å². The second-order valence-corrected chi connectivity index (χ2v) is 20.2. The number of rotatable bonds is 52. The van der Waals surface area contributed by atoms with Crippen LogP contribution in [0.2, 0.25) is 0 Å². The molecule has 0 saturated carbocycles. The summed E-state index contributed by atoms with van der Waals surface area (Å²) < 4.78 is 22.7. The Labute approximate surface area is 413 Å². The van der Waals surface area contributed by atoms with Gasteiger partial charge in [0.05, 0.1) is 40.3 Å². The highest BCUT2D eigenvalue weighted by Crippen LogP contribution is 2.16. The van der Waals surface area contributed by atoms with Crippen molar-refractivity contribution in [2.75, 3.05) is 47.5 Å². The number of carboxylic acids is 1. The van der Waals surface area contributed by atoms with Gasteiger partial charge in [-0.05, 0) is 51.4 Å². The molecule has 0 aliphatic rings. The summed E-state index contributed by atoms with van der Waals surface area (Å²) in [5.74, 6) is -2.29. The lowest BCUT2D eigenvalue weighted by Crippen LogP contribution is -2.44. The third-order valence-electron chi connectivity index (χ3n) is 12.4. The summed E-state index contributed by atoms with van der Waals surface area (Å²) >= 11 is 0. The summed E-state index contributed by atoms with van der Waals surface area (Å²) in [4.78, 5) is 37.2. The molecule has 0 aliphatic heterocycles. The Balaban J connectivity index is 4.29. The smallest absolute Gasteiger partial charge is 0.306 e. The number of quaternary nitrogens is 1. The van der Waals surface area contributed by atoms with Crippen LogP contribution in [-0.2, 0) is 33.3 Å². The quantitative estimate of drug-likeness (QED) is 0.0195. The summed E-state index contributed by atoms with van der Waals surface area (Å²) in [5, 5.41) is 11.8. The number of carboxylic acid groups (broad SMARTS) is 1. The summed E-state index contributed by atoms with van der Waals surface area (Å²) in [7, 11) is 5.92. The maximum atomic E-state index is 12.8. The molecule has 0 aromatic carbocycles. The van der Waals surface area contributed by atoms with Crippen molar-refractivity contribution in [1.82, 2.24) is 0 Å². The lowest BCUT2D eigenvalue weighted by Gasteiger charge is -2.26. The van der Waals surface area contributed by atoms with Crippen molar-refractivity contribution in [2.45, 2.75) is 270 Å². The molecule has 9 nitrogen and oxygen atoms in total. The molecule has 0 radical (unpaired) electrons. The molecule has 0 spiro atoms. The van der Waals surface area contributed by atoms with Crippen LogP contribution in [0.3, 0.4) is 0 Å². The molecular weight excluding hydrogens is 839 g/mol. The summed E-state index contributed by atoms with van der Waals surface area (Å²) in [6.45, 7) is 4.75. The highest BCUT2D eigenvalue weighted by molar-refractivity contribution is 5.70. The monoisotopic (exact) mass is 946 g/mol. The average Bonchev–Trinajstić information content (AvgIpc) is 3.29. The number of carbonyl (C=O) groups is 3. The fraction of sp³-hybridized carbons (Fsp3) is 0.845. The predicted octanol–water partition coefficient (Wildman–Crippen LogP) is 14.8. The Morgan fingerprint density at radius 1 is 0.448 bits per heavy atom. The van der Waals surface area contributed by atoms with E-state index in [-0.39, 0.29) is 32.2 Å². The number of nitrogens with zero attached hydrogens (tertiary/aromatic N) is 1. The van der Waals surface area contributed by atoms with Gasteiger partial charge in [0.15, 0.2) is 12.4 Å². The van der Waals surface area contributed by atoms with Gasteiger partial charge < -0.3 is 33.3 Å². The topological polar surface area (TPSA) is 111 Å². The molecule has 0 N–H and O–H groups in total. The van der Waals surface area contributed by atoms with Crippen molar-refractivity contribution in [3.8, 4) is 0 Å². The number of aliphatic carboxylic acids is 1. The van der Waals surface area contributed by atoms with Gasteiger partial charge in [0, 0.05) is 12.8 Å². The number of esters is 2. The molecule has 9 heteroatoms. The largest absolute Gasteiger partial charge is 0.545 e. The van der Waals surface area contributed by atoms with Crippen LogP contribution in [0.4, 0.5) is 0 Å². The zero-order chi connectivity index (χ0) is 49.2. The molecule has 0 fully saturated rings. The minimum atomic E-state index is -1.62. The first-order valence-electron chi connectivity index (χ1n) is 28.1. The maximum absolute atomic E-state index is 12.8. The molecule has 0 heterocycles. The van der Waals surface area contributed by atoms with Crippen LogP contribution in [0.25, 0.3) is 0 Å². The van der Waals surface area contributed by atoms with Crippen LogP contribution in [0, 0.1) is 0 Å². The van der Waals surface area contributed by atoms with Gasteiger partial charge in [-0.2, -0.15) is 0 Å². The molecular formula is C58H107NO8. The predicted molar refractivity (Wildman–Crippen MR) is 279 cm³/mol. The van der Waals surface area contributed by atoms with Crippen molar-refractivity contribution >= 4 is 17.9 Å². The second kappa shape index (κ2) is 49.9. The Hall–Kier alpha value is -2.49. The summed E-state index contributed by atoms with van der Waals surface area (Å²) in [6, 6.07) is 0. The van der Waals surface area contributed by atoms with Crippen LogP contribution in [0.1, 0.15) is 258 Å². The number of likely N-dealkylation sites (N-methyl/N-ethyl adjacent to an activating group) is 1. The van der Waals surface area contributed by atoms with Crippen LogP contribution >= 0.6 is 0 Å². The van der Waals surface area contributed by atoms with Crippen LogP contribution in [0.5, 0.6) is 0 Å². The number of hydrogen-bond donors (Lipinski definition) is 0. The number of allylic oxidation sites excluding steroid dienone is 6. The first-order chi connectivity index (χ1) is 32.6.